The van der Waals surface area contributed by atoms with Crippen molar-refractivity contribution in [3.63, 3.8) is 0 Å². The second kappa shape index (κ2) is 137. The summed E-state index contributed by atoms with van der Waals surface area (Å²) in [5, 5.41) is 0. The Hall–Kier alpha value is -1.81. The number of hydrogen-bond donors (Lipinski definition) is 3. The van der Waals surface area contributed by atoms with Gasteiger partial charge in [-0.15, -0.1) is 0 Å². The second-order valence-corrected chi connectivity index (χ2v) is 39.7. The zero-order valence-electron chi connectivity index (χ0n) is 90.9. The lowest BCUT2D eigenvalue weighted by Gasteiger charge is -2.07. The molecule has 0 amide bonds. The molecular formula is C120H237O13P. The number of phosphoric acid groups is 1. The van der Waals surface area contributed by atoms with Gasteiger partial charge in [-0.3, -0.25) is 0 Å². The molecule has 3 N–H and O–H groups in total. The predicted molar refractivity (Wildman–Crippen MR) is 588 cm³/mol. The number of rotatable bonds is 114. The average molecular weight is 1920 g/mol. The van der Waals surface area contributed by atoms with E-state index in [4.69, 9.17) is 61.9 Å². The van der Waals surface area contributed by atoms with E-state index in [0.29, 0.717) is 79.3 Å². The average Bonchev–Trinajstić information content (AvgIpc) is 1.10. The van der Waals surface area contributed by atoms with Crippen LogP contribution >= 0.6 is 7.82 Å². The van der Waals surface area contributed by atoms with Crippen molar-refractivity contribution in [2.24, 2.45) is 0 Å². The molecule has 0 aliphatic carbocycles. The van der Waals surface area contributed by atoms with E-state index in [1.807, 2.05) is 0 Å². The van der Waals surface area contributed by atoms with E-state index < -0.39 is 7.82 Å². The van der Waals surface area contributed by atoms with Gasteiger partial charge in [-0.05, 0) is 193 Å². The largest absolute Gasteiger partial charge is 0.466 e. The van der Waals surface area contributed by atoms with E-state index >= 15 is 0 Å². The molecule has 0 aliphatic rings. The summed E-state index contributed by atoms with van der Waals surface area (Å²) in [6.45, 7) is 27.3. The van der Waals surface area contributed by atoms with Gasteiger partial charge in [0, 0.05) is 39.6 Å². The molecular weight excluding hydrogens is 1680 g/mol. The normalized spacial score (nSPS) is 11.9. The van der Waals surface area contributed by atoms with Crippen molar-refractivity contribution < 1.29 is 61.9 Å². The first-order valence-corrected chi connectivity index (χ1v) is 60.7. The van der Waals surface area contributed by atoms with Crippen LogP contribution in [0.2, 0.25) is 0 Å². The molecule has 0 atom stereocenters. The van der Waals surface area contributed by atoms with E-state index in [0.717, 1.165) is 39.6 Å². The summed E-state index contributed by atoms with van der Waals surface area (Å²) < 4.78 is 60.1. The van der Waals surface area contributed by atoms with Crippen LogP contribution < -0.4 is 0 Å². The van der Waals surface area contributed by atoms with Crippen LogP contribution in [-0.4, -0.2) is 134 Å². The zero-order valence-corrected chi connectivity index (χ0v) is 91.8. The Kier molecular flexibility index (Phi) is 142. The first kappa shape index (κ1) is 138. The second-order valence-electron chi connectivity index (χ2n) is 38.7. The van der Waals surface area contributed by atoms with E-state index in [2.05, 4.69) is 114 Å². The summed E-state index contributed by atoms with van der Waals surface area (Å²) in [5.41, 5.74) is 0. The Morgan fingerprint density at radius 2 is 0.201 bits per heavy atom. The van der Waals surface area contributed by atoms with Crippen molar-refractivity contribution in [2.75, 3.05) is 119 Å². The minimum atomic E-state index is -4.64. The summed E-state index contributed by atoms with van der Waals surface area (Å²) in [7, 11) is -4.64. The molecule has 0 spiro atoms. The highest BCUT2D eigenvalue weighted by molar-refractivity contribution is 7.45. The van der Waals surface area contributed by atoms with E-state index in [1.165, 1.54) is 539 Å². The fourth-order valence-corrected chi connectivity index (χ4v) is 16.3. The summed E-state index contributed by atoms with van der Waals surface area (Å²) >= 11 is 0. The van der Waals surface area contributed by atoms with Crippen LogP contribution in [0.5, 0.6) is 0 Å². The van der Waals surface area contributed by atoms with Crippen LogP contribution in [0.4, 0.5) is 0 Å². The molecule has 14 heteroatoms. The highest BCUT2D eigenvalue weighted by atomic mass is 31.2. The van der Waals surface area contributed by atoms with Crippen molar-refractivity contribution in [2.45, 2.75) is 581 Å². The molecule has 134 heavy (non-hydrogen) atoms. The van der Waals surface area contributed by atoms with Crippen LogP contribution in [0.25, 0.3) is 0 Å². The fraction of sp³-hybridized carbons (Fsp3) is 0.900. The Morgan fingerprint density at radius 1 is 0.127 bits per heavy atom. The molecule has 0 aromatic heterocycles. The Bertz CT molecular complexity index is 1850. The van der Waals surface area contributed by atoms with Gasteiger partial charge >= 0.3 is 7.82 Å². The van der Waals surface area contributed by atoms with Gasteiger partial charge in [-0.25, -0.2) is 4.57 Å². The predicted octanol–water partition coefficient (Wildman–Crippen LogP) is 38.4. The van der Waals surface area contributed by atoms with Crippen LogP contribution in [0.3, 0.4) is 0 Å². The van der Waals surface area contributed by atoms with Crippen LogP contribution in [0.1, 0.15) is 581 Å². The van der Waals surface area contributed by atoms with Crippen LogP contribution in [-0.2, 0) is 47.2 Å². The number of hydrogen-bond acceptors (Lipinski definition) is 10. The van der Waals surface area contributed by atoms with Crippen molar-refractivity contribution in [1.29, 1.82) is 0 Å². The molecule has 0 aliphatic heterocycles. The molecule has 800 valence electrons. The van der Waals surface area contributed by atoms with E-state index in [9.17, 15) is 0 Å². The standard InChI is InChI=1S/3C40H78O3.H3O4P/c3*1-3-5-7-9-11-13-15-17-19-21-23-25-27-29-31-33-35-41-37-39-43-40-38-42-36-34-32-30-28-26-24-22-20-18-16-14-12-10-8-6-4-2;1-5(2,3)4/h3*17-20H,3-16,21-40H2,1-2H3;(H3,1,2,3,4)/b3*19-17-,20-18-;. The highest BCUT2D eigenvalue weighted by Gasteiger charge is 2.04. The number of unbranched alkanes of at least 4 members (excludes halogenated alkanes) is 72. The van der Waals surface area contributed by atoms with Gasteiger partial charge in [-0.1, -0.05) is 461 Å². The van der Waals surface area contributed by atoms with Crippen LogP contribution in [0.15, 0.2) is 72.9 Å². The summed E-state index contributed by atoms with van der Waals surface area (Å²) in [6, 6.07) is 0. The molecule has 0 aromatic carbocycles. The van der Waals surface area contributed by atoms with Crippen molar-refractivity contribution in [3.05, 3.63) is 72.9 Å². The first-order chi connectivity index (χ1) is 66.2. The minimum Gasteiger partial charge on any atom is -0.379 e. The lowest BCUT2D eigenvalue weighted by atomic mass is 10.1. The van der Waals surface area contributed by atoms with Crippen molar-refractivity contribution in [3.8, 4) is 0 Å². The fourth-order valence-electron chi connectivity index (χ4n) is 16.3. The molecule has 13 nitrogen and oxygen atoms in total. The molecule has 0 radical (unpaired) electrons. The van der Waals surface area contributed by atoms with E-state index in [-0.39, 0.29) is 0 Å². The lowest BCUT2D eigenvalue weighted by molar-refractivity contribution is 0.0132. The molecule has 0 bridgehead atoms. The quantitative estimate of drug-likeness (QED) is 0.0300. The summed E-state index contributed by atoms with van der Waals surface area (Å²) in [5.74, 6) is 0. The maximum absolute atomic E-state index is 8.88. The smallest absolute Gasteiger partial charge is 0.379 e. The van der Waals surface area contributed by atoms with Gasteiger partial charge in [0.1, 0.15) is 0 Å². The Labute approximate surface area is 837 Å². The number of ether oxygens (including phenoxy) is 9. The molecule has 0 rings (SSSR count). The third-order valence-corrected chi connectivity index (χ3v) is 25.0. The first-order valence-electron chi connectivity index (χ1n) is 59.1. The Balaban J connectivity index is -0.000000920. The maximum Gasteiger partial charge on any atom is 0.466 e. The molecule has 0 aromatic rings. The maximum atomic E-state index is 8.88. The zero-order chi connectivity index (χ0) is 97.5. The third kappa shape index (κ3) is 156. The lowest BCUT2D eigenvalue weighted by Crippen LogP contribution is -2.10. The van der Waals surface area contributed by atoms with Gasteiger partial charge in [0.25, 0.3) is 0 Å². The Morgan fingerprint density at radius 3 is 0.299 bits per heavy atom. The molecule has 0 saturated heterocycles. The monoisotopic (exact) mass is 1920 g/mol. The summed E-state index contributed by atoms with van der Waals surface area (Å²) in [4.78, 5) is 21.6. The van der Waals surface area contributed by atoms with Gasteiger partial charge in [0.2, 0.25) is 0 Å². The molecule has 0 fully saturated rings. The molecule has 0 unspecified atom stereocenters. The van der Waals surface area contributed by atoms with Crippen LogP contribution in [0, 0.1) is 0 Å². The van der Waals surface area contributed by atoms with Gasteiger partial charge < -0.3 is 57.3 Å². The number of allylic oxidation sites excluding steroid dienone is 12. The van der Waals surface area contributed by atoms with Crippen molar-refractivity contribution in [1.82, 2.24) is 0 Å². The molecule has 0 heterocycles. The SMILES string of the molecule is CCCCCCCC/C=C\CCCCCCCCOCCOCCOCCCCCCCC/C=C\CCCCCCCC.CCCCCCCC/C=C\CCCCCCCCOCCOCCOCCCCCCCC/C=C\CCCCCCCC.CCCCCCCC/C=C\CCCCCCCCOCCOCCOCCCCCCCC/C=C\CCCCCCCC.O=P(O)(O)O. The minimum absolute atomic E-state index is 0.684. The third-order valence-electron chi connectivity index (χ3n) is 25.0. The van der Waals surface area contributed by atoms with Gasteiger partial charge in [0.05, 0.1) is 79.3 Å². The van der Waals surface area contributed by atoms with Crippen molar-refractivity contribution >= 4 is 7.82 Å². The van der Waals surface area contributed by atoms with Gasteiger partial charge in [-0.2, -0.15) is 0 Å². The van der Waals surface area contributed by atoms with Gasteiger partial charge in [0.15, 0.2) is 0 Å². The highest BCUT2D eigenvalue weighted by Crippen LogP contribution is 2.26. The summed E-state index contributed by atoms with van der Waals surface area (Å²) in [6.07, 6.45) is 142. The molecule has 0 saturated carbocycles. The topological polar surface area (TPSA) is 161 Å². The van der Waals surface area contributed by atoms with E-state index in [1.54, 1.807) is 0 Å².